The van der Waals surface area contributed by atoms with E-state index in [1.807, 2.05) is 12.1 Å². The van der Waals surface area contributed by atoms with Crippen LogP contribution in [0.3, 0.4) is 0 Å². The first-order valence-electron chi connectivity index (χ1n) is 10.6. The van der Waals surface area contributed by atoms with E-state index in [0.717, 1.165) is 5.56 Å². The summed E-state index contributed by atoms with van der Waals surface area (Å²) in [7, 11) is 0.999. The Morgan fingerprint density at radius 2 is 1.53 bits per heavy atom. The predicted molar refractivity (Wildman–Crippen MR) is 127 cm³/mol. The van der Waals surface area contributed by atoms with Gasteiger partial charge in [0.1, 0.15) is 0 Å². The summed E-state index contributed by atoms with van der Waals surface area (Å²) in [6.07, 6.45) is 1.22. The second kappa shape index (κ2) is 10.9. The molecular weight excluding hydrogens is 462 g/mol. The number of nitrogens with one attached hydrogen (secondary N) is 1. The van der Waals surface area contributed by atoms with Crippen molar-refractivity contribution >= 4 is 27.6 Å². The monoisotopic (exact) mass is 491 g/mol. The van der Waals surface area contributed by atoms with Crippen LogP contribution in [0, 0.1) is 0 Å². The van der Waals surface area contributed by atoms with E-state index in [1.54, 1.807) is 12.1 Å². The van der Waals surface area contributed by atoms with Gasteiger partial charge in [-0.25, -0.2) is 13.2 Å². The summed E-state index contributed by atoms with van der Waals surface area (Å²) in [4.78, 5) is 27.2. The maximum atomic E-state index is 12.9. The van der Waals surface area contributed by atoms with Crippen molar-refractivity contribution in [1.82, 2.24) is 9.21 Å². The zero-order chi connectivity index (χ0) is 24.9. The first-order chi connectivity index (χ1) is 16.2. The summed E-state index contributed by atoms with van der Waals surface area (Å²) in [5.74, 6) is -0.326. The molecule has 0 bridgehead atoms. The number of carbonyl (C=O) groups excluding carboxylic acids is 2. The normalized spacial score (nSPS) is 14.9. The Morgan fingerprint density at radius 3 is 2.06 bits per heavy atom. The largest absolute Gasteiger partial charge is 0.493 e. The Balaban J connectivity index is 1.69. The molecule has 34 heavy (non-hydrogen) atoms. The molecule has 0 unspecified atom stereocenters. The number of hydrogen-bond acceptors (Lipinski definition) is 8. The number of amides is 1. The van der Waals surface area contributed by atoms with Gasteiger partial charge in [0.15, 0.2) is 11.5 Å². The number of nitrogens with zero attached hydrogens (tertiary/aromatic N) is 2. The molecule has 2 aromatic carbocycles. The minimum Gasteiger partial charge on any atom is -0.493 e. The third-order valence-electron chi connectivity index (χ3n) is 5.60. The average molecular weight is 492 g/mol. The van der Waals surface area contributed by atoms with Crippen LogP contribution in [0.25, 0.3) is 0 Å². The molecule has 10 nitrogen and oxygen atoms in total. The van der Waals surface area contributed by atoms with Crippen molar-refractivity contribution in [3.05, 3.63) is 53.1 Å². The molecule has 1 fully saturated rings. The molecule has 3 rings (SSSR count). The van der Waals surface area contributed by atoms with Gasteiger partial charge in [0.05, 0.1) is 38.8 Å². The molecule has 0 atom stereocenters. The molecule has 1 aliphatic rings. The first-order valence-corrected chi connectivity index (χ1v) is 12.4. The van der Waals surface area contributed by atoms with E-state index in [-0.39, 0.29) is 11.3 Å². The number of esters is 1. The van der Waals surface area contributed by atoms with E-state index in [4.69, 9.17) is 14.2 Å². The summed E-state index contributed by atoms with van der Waals surface area (Å²) in [6.45, 7) is 2.87. The Hall–Kier alpha value is -3.15. The summed E-state index contributed by atoms with van der Waals surface area (Å²) >= 11 is 0. The van der Waals surface area contributed by atoms with Gasteiger partial charge in [0.2, 0.25) is 10.0 Å². The van der Waals surface area contributed by atoms with Crippen molar-refractivity contribution in [3.63, 3.8) is 0 Å². The van der Waals surface area contributed by atoms with Crippen molar-refractivity contribution in [1.29, 1.82) is 0 Å². The third kappa shape index (κ3) is 6.04. The number of hydrogen-bond donors (Lipinski definition) is 1. The minimum absolute atomic E-state index is 0.137. The van der Waals surface area contributed by atoms with E-state index in [0.29, 0.717) is 49.8 Å². The molecule has 0 radical (unpaired) electrons. The number of carbonyl (C=O) groups is 2. The SMILES string of the molecule is COC(=O)c1cc(OC)c(OC)cc1NC(=O)c1ccc(CN2CCN(S(C)(=O)=O)CC2)cc1. The lowest BCUT2D eigenvalue weighted by Gasteiger charge is -2.33. The highest BCUT2D eigenvalue weighted by Gasteiger charge is 2.23. The smallest absolute Gasteiger partial charge is 0.340 e. The number of ether oxygens (including phenoxy) is 3. The van der Waals surface area contributed by atoms with Gasteiger partial charge in [-0.1, -0.05) is 12.1 Å². The second-order valence-corrected chi connectivity index (χ2v) is 9.82. The van der Waals surface area contributed by atoms with Crippen molar-refractivity contribution in [2.45, 2.75) is 6.54 Å². The molecule has 184 valence electrons. The molecule has 1 heterocycles. The highest BCUT2D eigenvalue weighted by atomic mass is 32.2. The number of benzene rings is 2. The number of rotatable bonds is 8. The number of anilines is 1. The molecular formula is C23H29N3O7S. The van der Waals surface area contributed by atoms with Crippen molar-refractivity contribution < 1.29 is 32.2 Å². The summed E-state index contributed by atoms with van der Waals surface area (Å²) in [5.41, 5.74) is 1.79. The van der Waals surface area contributed by atoms with Crippen LogP contribution in [0.5, 0.6) is 11.5 Å². The molecule has 1 N–H and O–H groups in total. The molecule has 0 aliphatic carbocycles. The maximum absolute atomic E-state index is 12.9. The Labute approximate surface area is 199 Å². The van der Waals surface area contributed by atoms with E-state index in [1.165, 1.54) is 44.0 Å². The van der Waals surface area contributed by atoms with Crippen LogP contribution >= 0.6 is 0 Å². The molecule has 2 aromatic rings. The van der Waals surface area contributed by atoms with Crippen molar-refractivity contribution in [2.24, 2.45) is 0 Å². The van der Waals surface area contributed by atoms with Gasteiger partial charge in [0, 0.05) is 50.4 Å². The first kappa shape index (κ1) is 25.5. The van der Waals surface area contributed by atoms with Gasteiger partial charge in [0.25, 0.3) is 5.91 Å². The zero-order valence-electron chi connectivity index (χ0n) is 19.7. The third-order valence-corrected chi connectivity index (χ3v) is 6.90. The molecule has 0 spiro atoms. The topological polar surface area (TPSA) is 114 Å². The van der Waals surface area contributed by atoms with Crippen molar-refractivity contribution in [2.75, 3.05) is 59.1 Å². The van der Waals surface area contributed by atoms with Gasteiger partial charge in [-0.3, -0.25) is 9.69 Å². The summed E-state index contributed by atoms with van der Waals surface area (Å²) in [6, 6.07) is 10.1. The van der Waals surface area contributed by atoms with Crippen LogP contribution in [-0.4, -0.2) is 83.3 Å². The lowest BCUT2D eigenvalue weighted by atomic mass is 10.1. The zero-order valence-corrected chi connectivity index (χ0v) is 20.5. The highest BCUT2D eigenvalue weighted by Crippen LogP contribution is 2.34. The van der Waals surface area contributed by atoms with Crippen LogP contribution in [0.15, 0.2) is 36.4 Å². The standard InChI is InChI=1S/C23H29N3O7S/c1-31-20-13-18(23(28)33-3)19(14-21(20)32-2)24-22(27)17-7-5-16(6-8-17)15-25-9-11-26(12-10-25)34(4,29)30/h5-8,13-14H,9-12,15H2,1-4H3,(H,24,27). The molecule has 1 amide bonds. The number of piperazine rings is 1. The minimum atomic E-state index is -3.16. The van der Waals surface area contributed by atoms with E-state index in [2.05, 4.69) is 10.2 Å². The predicted octanol–water partition coefficient (Wildman–Crippen LogP) is 1.82. The molecule has 1 aliphatic heterocycles. The van der Waals surface area contributed by atoms with Crippen LogP contribution in [0.4, 0.5) is 5.69 Å². The summed E-state index contributed by atoms with van der Waals surface area (Å²) in [5, 5.41) is 2.74. The molecule has 0 aromatic heterocycles. The fourth-order valence-electron chi connectivity index (χ4n) is 3.69. The Morgan fingerprint density at radius 1 is 0.941 bits per heavy atom. The van der Waals surface area contributed by atoms with Gasteiger partial charge in [-0.15, -0.1) is 0 Å². The van der Waals surface area contributed by atoms with Gasteiger partial charge in [-0.05, 0) is 17.7 Å². The second-order valence-electron chi connectivity index (χ2n) is 7.83. The number of methoxy groups -OCH3 is 3. The molecule has 1 saturated heterocycles. The average Bonchev–Trinajstić information content (AvgIpc) is 2.83. The summed E-state index contributed by atoms with van der Waals surface area (Å²) < 4.78 is 40.1. The maximum Gasteiger partial charge on any atom is 0.340 e. The Bertz CT molecular complexity index is 1140. The van der Waals surface area contributed by atoms with Gasteiger partial charge >= 0.3 is 5.97 Å². The fraction of sp³-hybridized carbons (Fsp3) is 0.391. The van der Waals surface area contributed by atoms with Crippen molar-refractivity contribution in [3.8, 4) is 11.5 Å². The van der Waals surface area contributed by atoms with Crippen LogP contribution in [0.2, 0.25) is 0 Å². The lowest BCUT2D eigenvalue weighted by molar-refractivity contribution is 0.0601. The fourth-order valence-corrected chi connectivity index (χ4v) is 4.52. The number of sulfonamides is 1. The highest BCUT2D eigenvalue weighted by molar-refractivity contribution is 7.88. The molecule has 0 saturated carbocycles. The Kier molecular flexibility index (Phi) is 8.13. The lowest BCUT2D eigenvalue weighted by Crippen LogP contribution is -2.47. The van der Waals surface area contributed by atoms with Gasteiger partial charge in [-0.2, -0.15) is 4.31 Å². The van der Waals surface area contributed by atoms with Gasteiger partial charge < -0.3 is 19.5 Å². The van der Waals surface area contributed by atoms with Crippen LogP contribution < -0.4 is 14.8 Å². The van der Waals surface area contributed by atoms with E-state index in [9.17, 15) is 18.0 Å². The van der Waals surface area contributed by atoms with Crippen LogP contribution in [0.1, 0.15) is 26.3 Å². The van der Waals surface area contributed by atoms with Crippen LogP contribution in [-0.2, 0) is 21.3 Å². The van der Waals surface area contributed by atoms with E-state index >= 15 is 0 Å². The molecule has 11 heteroatoms. The quantitative estimate of drug-likeness (QED) is 0.556. The van der Waals surface area contributed by atoms with E-state index < -0.39 is 21.9 Å².